The lowest BCUT2D eigenvalue weighted by molar-refractivity contribution is -0.164. The fourth-order valence-corrected chi connectivity index (χ4v) is 5.17. The smallest absolute Gasteiger partial charge is 0.310 e. The number of benzene rings is 1. The van der Waals surface area contributed by atoms with Crippen molar-refractivity contribution >= 4 is 11.9 Å². The van der Waals surface area contributed by atoms with E-state index in [1.54, 1.807) is 7.11 Å². The molecule has 1 aromatic heterocycles. The monoisotopic (exact) mass is 566 g/mol. The summed E-state index contributed by atoms with van der Waals surface area (Å²) in [4.78, 5) is 33.1. The number of fused-ring (bicyclic) bond motifs is 1. The first-order valence-corrected chi connectivity index (χ1v) is 15.3. The fraction of sp³-hybridized carbons (Fsp3) is 0.618. The molecule has 0 saturated heterocycles. The van der Waals surface area contributed by atoms with E-state index in [1.807, 2.05) is 51.1 Å². The molecule has 0 aliphatic heterocycles. The lowest BCUT2D eigenvalue weighted by Gasteiger charge is -2.28. The minimum atomic E-state index is -0.627. The number of pyridine rings is 1. The molecule has 0 amide bonds. The van der Waals surface area contributed by atoms with Crippen LogP contribution >= 0.6 is 0 Å². The van der Waals surface area contributed by atoms with Crippen molar-refractivity contribution in [2.45, 2.75) is 104 Å². The van der Waals surface area contributed by atoms with Gasteiger partial charge in [-0.2, -0.15) is 0 Å². The van der Waals surface area contributed by atoms with Gasteiger partial charge >= 0.3 is 11.9 Å². The third-order valence-corrected chi connectivity index (χ3v) is 7.50. The molecule has 2 aromatic rings. The van der Waals surface area contributed by atoms with Crippen LogP contribution in [0.2, 0.25) is 0 Å². The van der Waals surface area contributed by atoms with E-state index in [2.05, 4.69) is 24.0 Å². The predicted molar refractivity (Wildman–Crippen MR) is 162 cm³/mol. The van der Waals surface area contributed by atoms with Gasteiger partial charge in [0, 0.05) is 25.0 Å². The second kappa shape index (κ2) is 16.6. The molecule has 0 bridgehead atoms. The van der Waals surface area contributed by atoms with Crippen molar-refractivity contribution in [1.29, 1.82) is 0 Å². The molecule has 7 nitrogen and oxygen atoms in total. The molecule has 1 aliphatic carbocycles. The minimum Gasteiger partial charge on any atom is -0.461 e. The van der Waals surface area contributed by atoms with Gasteiger partial charge in [0.2, 0.25) is 0 Å². The Morgan fingerprint density at radius 3 is 2.49 bits per heavy atom. The summed E-state index contributed by atoms with van der Waals surface area (Å²) in [6.07, 6.45) is 8.38. The summed E-state index contributed by atoms with van der Waals surface area (Å²) in [6, 6.07) is 14.0. The summed E-state index contributed by atoms with van der Waals surface area (Å²) in [7, 11) is 1.72. The number of hydrogen-bond donors (Lipinski definition) is 0. The molecule has 1 aliphatic rings. The number of rotatable bonds is 16. The molecule has 1 heterocycles. The van der Waals surface area contributed by atoms with Gasteiger partial charge in [0.25, 0.3) is 0 Å². The van der Waals surface area contributed by atoms with Crippen LogP contribution in [0.1, 0.15) is 88.7 Å². The predicted octanol–water partition coefficient (Wildman–Crippen LogP) is 6.10. The number of carbonyl (C=O) groups is 2. The van der Waals surface area contributed by atoms with Gasteiger partial charge < -0.3 is 19.1 Å². The first-order valence-electron chi connectivity index (χ1n) is 15.3. The number of esters is 2. The SMILES string of the molecule is CO[C@H](C)CN(CCCCc1ccc2c(n1)CCCC2)CC[C@H](CC(=O)OCc1ccccc1)C(=O)OC(C)(C)C. The maximum atomic E-state index is 13.1. The number of aryl methyl sites for hydroxylation is 3. The Hall–Kier alpha value is -2.77. The topological polar surface area (TPSA) is 78.0 Å². The Labute approximate surface area is 247 Å². The number of methoxy groups -OCH3 is 1. The van der Waals surface area contributed by atoms with Crippen LogP contribution in [-0.2, 0) is 49.7 Å². The Balaban J connectivity index is 1.54. The van der Waals surface area contributed by atoms with Gasteiger partial charge in [0.1, 0.15) is 12.2 Å². The van der Waals surface area contributed by atoms with Crippen molar-refractivity contribution < 1.29 is 23.8 Å². The molecule has 0 spiro atoms. The fourth-order valence-electron chi connectivity index (χ4n) is 5.17. The summed E-state index contributed by atoms with van der Waals surface area (Å²) in [5.74, 6) is -1.32. The highest BCUT2D eigenvalue weighted by Crippen LogP contribution is 2.21. The maximum Gasteiger partial charge on any atom is 0.310 e. The van der Waals surface area contributed by atoms with Gasteiger partial charge in [0.15, 0.2) is 0 Å². The Morgan fingerprint density at radius 1 is 1.00 bits per heavy atom. The molecule has 0 N–H and O–H groups in total. The first kappa shape index (κ1) is 32.7. The molecular formula is C34H50N2O5. The third kappa shape index (κ3) is 12.3. The molecule has 0 saturated carbocycles. The van der Waals surface area contributed by atoms with E-state index in [-0.39, 0.29) is 31.1 Å². The van der Waals surface area contributed by atoms with Gasteiger partial charge in [-0.1, -0.05) is 36.4 Å². The van der Waals surface area contributed by atoms with Crippen LogP contribution < -0.4 is 0 Å². The largest absolute Gasteiger partial charge is 0.461 e. The van der Waals surface area contributed by atoms with E-state index >= 15 is 0 Å². The first-order chi connectivity index (χ1) is 19.6. The van der Waals surface area contributed by atoms with Crippen LogP contribution in [0.4, 0.5) is 0 Å². The van der Waals surface area contributed by atoms with Gasteiger partial charge in [-0.3, -0.25) is 14.6 Å². The van der Waals surface area contributed by atoms with Crippen LogP contribution in [0.25, 0.3) is 0 Å². The zero-order chi connectivity index (χ0) is 29.7. The van der Waals surface area contributed by atoms with E-state index in [1.165, 1.54) is 29.8 Å². The molecule has 0 radical (unpaired) electrons. The number of ether oxygens (including phenoxy) is 3. The van der Waals surface area contributed by atoms with Crippen molar-refractivity contribution in [1.82, 2.24) is 9.88 Å². The molecule has 1 aromatic carbocycles. The van der Waals surface area contributed by atoms with Crippen molar-refractivity contribution in [2.24, 2.45) is 5.92 Å². The lowest BCUT2D eigenvalue weighted by Crippen LogP contribution is -2.37. The highest BCUT2D eigenvalue weighted by molar-refractivity contribution is 5.80. The van der Waals surface area contributed by atoms with Crippen LogP contribution in [0.15, 0.2) is 42.5 Å². The Kier molecular flexibility index (Phi) is 13.3. The molecule has 0 fully saturated rings. The minimum absolute atomic E-state index is 0.000579. The number of hydrogen-bond acceptors (Lipinski definition) is 7. The highest BCUT2D eigenvalue weighted by Gasteiger charge is 2.28. The van der Waals surface area contributed by atoms with E-state index in [0.29, 0.717) is 13.0 Å². The number of aromatic nitrogens is 1. The van der Waals surface area contributed by atoms with E-state index in [0.717, 1.165) is 50.8 Å². The zero-order valence-corrected chi connectivity index (χ0v) is 25.8. The summed E-state index contributed by atoms with van der Waals surface area (Å²) in [5.41, 5.74) is 4.18. The summed E-state index contributed by atoms with van der Waals surface area (Å²) < 4.78 is 16.7. The Morgan fingerprint density at radius 2 is 1.76 bits per heavy atom. The number of unbranched alkanes of at least 4 members (excludes halogenated alkanes) is 1. The molecular weight excluding hydrogens is 516 g/mol. The summed E-state index contributed by atoms with van der Waals surface area (Å²) >= 11 is 0. The van der Waals surface area contributed by atoms with E-state index in [9.17, 15) is 9.59 Å². The average molecular weight is 567 g/mol. The maximum absolute atomic E-state index is 13.1. The highest BCUT2D eigenvalue weighted by atomic mass is 16.6. The summed E-state index contributed by atoms with van der Waals surface area (Å²) in [5, 5.41) is 0. The van der Waals surface area contributed by atoms with Gasteiger partial charge in [-0.05, 0) is 109 Å². The Bertz CT molecular complexity index is 1080. The normalized spacial score (nSPS) is 14.8. The molecule has 2 atom stereocenters. The number of nitrogens with zero attached hydrogens (tertiary/aromatic N) is 2. The van der Waals surface area contributed by atoms with Gasteiger partial charge in [-0.15, -0.1) is 0 Å². The zero-order valence-electron chi connectivity index (χ0n) is 25.8. The van der Waals surface area contributed by atoms with E-state index < -0.39 is 11.5 Å². The van der Waals surface area contributed by atoms with Crippen molar-refractivity contribution in [3.8, 4) is 0 Å². The van der Waals surface area contributed by atoms with Crippen LogP contribution in [-0.4, -0.2) is 60.3 Å². The van der Waals surface area contributed by atoms with Crippen LogP contribution in [0.5, 0.6) is 0 Å². The second-order valence-electron chi connectivity index (χ2n) is 12.3. The van der Waals surface area contributed by atoms with Gasteiger partial charge in [-0.25, -0.2) is 0 Å². The van der Waals surface area contributed by atoms with Crippen molar-refractivity contribution in [3.05, 3.63) is 65.0 Å². The standard InChI is InChI=1S/C34H50N2O5/c1-26(39-5)24-36(21-12-11-16-30-19-18-28-15-9-10-17-31(28)35-30)22-20-29(33(38)41-34(2,3)4)23-32(37)40-25-27-13-7-6-8-14-27/h6-8,13-14,18-19,26,29H,9-12,15-17,20-25H2,1-5H3/t26-,29-/m1/s1. The molecule has 41 heavy (non-hydrogen) atoms. The second-order valence-corrected chi connectivity index (χ2v) is 12.3. The van der Waals surface area contributed by atoms with Crippen molar-refractivity contribution in [3.63, 3.8) is 0 Å². The quantitative estimate of drug-likeness (QED) is 0.179. The van der Waals surface area contributed by atoms with E-state index in [4.69, 9.17) is 19.2 Å². The average Bonchev–Trinajstić information content (AvgIpc) is 2.95. The summed E-state index contributed by atoms with van der Waals surface area (Å²) in [6.45, 7) is 10.1. The number of carbonyl (C=O) groups excluding carboxylic acids is 2. The lowest BCUT2D eigenvalue weighted by atomic mass is 9.95. The molecule has 0 unspecified atom stereocenters. The molecule has 3 rings (SSSR count). The van der Waals surface area contributed by atoms with Crippen LogP contribution in [0, 0.1) is 5.92 Å². The van der Waals surface area contributed by atoms with Crippen molar-refractivity contribution in [2.75, 3.05) is 26.7 Å². The molecule has 226 valence electrons. The third-order valence-electron chi connectivity index (χ3n) is 7.50. The van der Waals surface area contributed by atoms with Gasteiger partial charge in [0.05, 0.1) is 18.4 Å². The molecule has 7 heteroatoms. The van der Waals surface area contributed by atoms with Crippen LogP contribution in [0.3, 0.4) is 0 Å².